The Kier molecular flexibility index (Phi) is 1.02. The monoisotopic (exact) mass is 112 g/mol. The maximum absolute atomic E-state index is 3.46. The topological polar surface area (TPSA) is 24.1 Å². The maximum atomic E-state index is 3.46. The summed E-state index contributed by atoms with van der Waals surface area (Å²) < 4.78 is 0. The van der Waals surface area contributed by atoms with Crippen LogP contribution in [0.15, 0.2) is 0 Å². The van der Waals surface area contributed by atoms with Gasteiger partial charge in [0.2, 0.25) is 0 Å². The SMILES string of the molecule is C1CNC2CC2NC1. The molecule has 2 aliphatic rings. The second-order valence-corrected chi connectivity index (χ2v) is 2.71. The van der Waals surface area contributed by atoms with Gasteiger partial charge in [0.25, 0.3) is 0 Å². The van der Waals surface area contributed by atoms with E-state index in [1.54, 1.807) is 0 Å². The van der Waals surface area contributed by atoms with Crippen LogP contribution < -0.4 is 10.6 Å². The highest BCUT2D eigenvalue weighted by Crippen LogP contribution is 2.21. The minimum absolute atomic E-state index is 0.831. The Bertz CT molecular complexity index is 82.5. The molecule has 2 N–H and O–H groups in total. The number of hydrogen-bond acceptors (Lipinski definition) is 2. The van der Waals surface area contributed by atoms with Crippen LogP contribution in [-0.2, 0) is 0 Å². The molecule has 1 saturated carbocycles. The summed E-state index contributed by atoms with van der Waals surface area (Å²) in [7, 11) is 0. The highest BCUT2D eigenvalue weighted by Gasteiger charge is 2.36. The number of fused-ring (bicyclic) bond motifs is 1. The molecule has 2 nitrogen and oxygen atoms in total. The molecular formula is C6H12N2. The number of hydrogen-bond donors (Lipinski definition) is 2. The molecule has 0 aromatic carbocycles. The third-order valence-electron chi connectivity index (χ3n) is 1.96. The second-order valence-electron chi connectivity index (χ2n) is 2.71. The minimum atomic E-state index is 0.831. The molecule has 0 bridgehead atoms. The smallest absolute Gasteiger partial charge is 0.0237 e. The van der Waals surface area contributed by atoms with E-state index in [2.05, 4.69) is 10.6 Å². The fourth-order valence-electron chi connectivity index (χ4n) is 1.31. The molecular weight excluding hydrogens is 100 g/mol. The predicted molar refractivity (Wildman–Crippen MR) is 32.8 cm³/mol. The average Bonchev–Trinajstić information content (AvgIpc) is 2.36. The summed E-state index contributed by atoms with van der Waals surface area (Å²) in [6.07, 6.45) is 2.66. The Morgan fingerprint density at radius 1 is 1.00 bits per heavy atom. The Hall–Kier alpha value is -0.0800. The summed E-state index contributed by atoms with van der Waals surface area (Å²) in [6, 6.07) is 1.66. The Balaban J connectivity index is 1.89. The molecule has 46 valence electrons. The molecule has 2 heteroatoms. The molecule has 2 fully saturated rings. The van der Waals surface area contributed by atoms with Crippen LogP contribution in [0.2, 0.25) is 0 Å². The summed E-state index contributed by atoms with van der Waals surface area (Å²) in [6.45, 7) is 2.43. The van der Waals surface area contributed by atoms with Gasteiger partial charge in [-0.1, -0.05) is 0 Å². The van der Waals surface area contributed by atoms with Crippen molar-refractivity contribution in [2.24, 2.45) is 0 Å². The van der Waals surface area contributed by atoms with Gasteiger partial charge in [-0.15, -0.1) is 0 Å². The van der Waals surface area contributed by atoms with E-state index in [0.29, 0.717) is 0 Å². The predicted octanol–water partition coefficient (Wildman–Crippen LogP) is -0.290. The van der Waals surface area contributed by atoms with Gasteiger partial charge in [0.05, 0.1) is 0 Å². The molecule has 2 atom stereocenters. The van der Waals surface area contributed by atoms with Gasteiger partial charge in [-0.3, -0.25) is 0 Å². The van der Waals surface area contributed by atoms with Crippen molar-refractivity contribution in [3.05, 3.63) is 0 Å². The Morgan fingerprint density at radius 2 is 1.62 bits per heavy atom. The zero-order valence-corrected chi connectivity index (χ0v) is 4.98. The molecule has 0 spiro atoms. The van der Waals surface area contributed by atoms with Crippen molar-refractivity contribution in [3.8, 4) is 0 Å². The molecule has 0 aromatic rings. The van der Waals surface area contributed by atoms with Gasteiger partial charge in [-0.05, 0) is 25.9 Å². The molecule has 0 aromatic heterocycles. The van der Waals surface area contributed by atoms with Gasteiger partial charge in [-0.2, -0.15) is 0 Å². The fourth-order valence-corrected chi connectivity index (χ4v) is 1.31. The van der Waals surface area contributed by atoms with Crippen molar-refractivity contribution in [1.82, 2.24) is 10.6 Å². The first-order chi connectivity index (χ1) is 3.97. The standard InChI is InChI=1S/C6H12N2/c1-2-7-5-4-6(5)8-3-1/h5-8H,1-4H2. The van der Waals surface area contributed by atoms with E-state index in [1.807, 2.05) is 0 Å². The van der Waals surface area contributed by atoms with Crippen molar-refractivity contribution in [2.75, 3.05) is 13.1 Å². The molecule has 1 aliphatic heterocycles. The van der Waals surface area contributed by atoms with Crippen LogP contribution in [0.4, 0.5) is 0 Å². The van der Waals surface area contributed by atoms with E-state index in [0.717, 1.165) is 12.1 Å². The summed E-state index contributed by atoms with van der Waals surface area (Å²) in [5, 5.41) is 6.91. The highest BCUT2D eigenvalue weighted by atomic mass is 15.1. The van der Waals surface area contributed by atoms with Crippen molar-refractivity contribution in [2.45, 2.75) is 24.9 Å². The first kappa shape index (κ1) is 4.77. The molecule has 1 aliphatic carbocycles. The third-order valence-corrected chi connectivity index (χ3v) is 1.96. The van der Waals surface area contributed by atoms with Crippen molar-refractivity contribution in [1.29, 1.82) is 0 Å². The second kappa shape index (κ2) is 1.71. The molecule has 0 radical (unpaired) electrons. The quantitative estimate of drug-likeness (QED) is 0.450. The van der Waals surface area contributed by atoms with Crippen molar-refractivity contribution >= 4 is 0 Å². The third kappa shape index (κ3) is 0.740. The lowest BCUT2D eigenvalue weighted by Gasteiger charge is -1.94. The summed E-state index contributed by atoms with van der Waals surface area (Å²) in [4.78, 5) is 0. The van der Waals surface area contributed by atoms with Crippen molar-refractivity contribution in [3.63, 3.8) is 0 Å². The maximum Gasteiger partial charge on any atom is 0.0237 e. The first-order valence-electron chi connectivity index (χ1n) is 3.43. The number of nitrogens with one attached hydrogen (secondary N) is 2. The first-order valence-corrected chi connectivity index (χ1v) is 3.43. The van der Waals surface area contributed by atoms with Gasteiger partial charge in [-0.25, -0.2) is 0 Å². The van der Waals surface area contributed by atoms with Crippen LogP contribution in [0.3, 0.4) is 0 Å². The Morgan fingerprint density at radius 3 is 2.25 bits per heavy atom. The minimum Gasteiger partial charge on any atom is -0.312 e. The van der Waals surface area contributed by atoms with Gasteiger partial charge >= 0.3 is 0 Å². The van der Waals surface area contributed by atoms with E-state index >= 15 is 0 Å². The molecule has 2 unspecified atom stereocenters. The zero-order chi connectivity index (χ0) is 5.40. The van der Waals surface area contributed by atoms with Crippen LogP contribution in [0.1, 0.15) is 12.8 Å². The summed E-state index contributed by atoms with van der Waals surface area (Å²) in [5.41, 5.74) is 0. The molecule has 8 heavy (non-hydrogen) atoms. The van der Waals surface area contributed by atoms with Gasteiger partial charge < -0.3 is 10.6 Å². The lowest BCUT2D eigenvalue weighted by Crippen LogP contribution is -2.21. The van der Waals surface area contributed by atoms with E-state index in [9.17, 15) is 0 Å². The van der Waals surface area contributed by atoms with E-state index in [4.69, 9.17) is 0 Å². The number of rotatable bonds is 0. The average molecular weight is 112 g/mol. The van der Waals surface area contributed by atoms with E-state index < -0.39 is 0 Å². The van der Waals surface area contributed by atoms with Crippen LogP contribution in [-0.4, -0.2) is 25.2 Å². The molecule has 1 saturated heterocycles. The lowest BCUT2D eigenvalue weighted by molar-refractivity contribution is 0.667. The Labute approximate surface area is 49.7 Å². The highest BCUT2D eigenvalue weighted by molar-refractivity contribution is 5.00. The molecule has 1 heterocycles. The van der Waals surface area contributed by atoms with Gasteiger partial charge in [0.15, 0.2) is 0 Å². The summed E-state index contributed by atoms with van der Waals surface area (Å²) >= 11 is 0. The normalized spacial score (nSPS) is 45.0. The largest absolute Gasteiger partial charge is 0.312 e. The van der Waals surface area contributed by atoms with Crippen LogP contribution in [0, 0.1) is 0 Å². The zero-order valence-electron chi connectivity index (χ0n) is 4.98. The van der Waals surface area contributed by atoms with Crippen LogP contribution in [0.5, 0.6) is 0 Å². The van der Waals surface area contributed by atoms with Gasteiger partial charge in [0.1, 0.15) is 0 Å². The van der Waals surface area contributed by atoms with Crippen LogP contribution in [0.25, 0.3) is 0 Å². The summed E-state index contributed by atoms with van der Waals surface area (Å²) in [5.74, 6) is 0. The van der Waals surface area contributed by atoms with Crippen LogP contribution >= 0.6 is 0 Å². The van der Waals surface area contributed by atoms with E-state index in [1.165, 1.54) is 25.9 Å². The fraction of sp³-hybridized carbons (Fsp3) is 1.00. The molecule has 2 rings (SSSR count). The molecule has 0 amide bonds. The van der Waals surface area contributed by atoms with E-state index in [-0.39, 0.29) is 0 Å². The van der Waals surface area contributed by atoms with Crippen molar-refractivity contribution < 1.29 is 0 Å². The lowest BCUT2D eigenvalue weighted by atomic mass is 10.4. The van der Waals surface area contributed by atoms with Gasteiger partial charge in [0, 0.05) is 12.1 Å².